The predicted molar refractivity (Wildman–Crippen MR) is 152 cm³/mol. The standard InChI is InChI=1S/C32H46N2S/c1-19-12-24-16-29(25(22(4)26(24)13-19)10-8-6-5-7-9-11-33)32-30(34-32)17-23-18-31(35)28-15-20(2)14-27(28)21(23)3/h16,18-20,30,32,34-35H,5-15,17,33H2,1-4H3. The van der Waals surface area contributed by atoms with E-state index in [4.69, 9.17) is 18.4 Å². The maximum atomic E-state index is 5.68. The topological polar surface area (TPSA) is 48.0 Å². The van der Waals surface area contributed by atoms with Crippen molar-refractivity contribution in [3.05, 3.63) is 62.2 Å². The van der Waals surface area contributed by atoms with Crippen LogP contribution in [0.1, 0.15) is 102 Å². The summed E-state index contributed by atoms with van der Waals surface area (Å²) in [5.74, 6) is 1.54. The van der Waals surface area contributed by atoms with Crippen LogP contribution in [0, 0.1) is 25.7 Å². The highest BCUT2D eigenvalue weighted by Crippen LogP contribution is 2.42. The first-order chi connectivity index (χ1) is 16.9. The lowest BCUT2D eigenvalue weighted by Gasteiger charge is -2.17. The fraction of sp³-hybridized carbons (Fsp3) is 0.625. The molecule has 0 aromatic heterocycles. The third kappa shape index (κ3) is 5.24. The molecule has 0 spiro atoms. The molecule has 4 unspecified atom stereocenters. The van der Waals surface area contributed by atoms with Crippen molar-refractivity contribution in [2.75, 3.05) is 6.54 Å². The molecule has 1 saturated heterocycles. The van der Waals surface area contributed by atoms with Gasteiger partial charge in [0, 0.05) is 17.0 Å². The van der Waals surface area contributed by atoms with Crippen molar-refractivity contribution < 1.29 is 0 Å². The average Bonchev–Trinajstić information content (AvgIpc) is 3.28. The first kappa shape index (κ1) is 25.4. The minimum absolute atomic E-state index is 0.511. The lowest BCUT2D eigenvalue weighted by molar-refractivity contribution is 0.615. The number of thiol groups is 1. The van der Waals surface area contributed by atoms with Crippen molar-refractivity contribution in [3.8, 4) is 0 Å². The number of fused-ring (bicyclic) bond motifs is 2. The first-order valence-corrected chi connectivity index (χ1v) is 14.8. The first-order valence-electron chi connectivity index (χ1n) is 14.3. The van der Waals surface area contributed by atoms with Crippen molar-refractivity contribution in [2.45, 2.75) is 115 Å². The molecule has 2 aliphatic carbocycles. The van der Waals surface area contributed by atoms with E-state index in [9.17, 15) is 0 Å². The summed E-state index contributed by atoms with van der Waals surface area (Å²) in [5, 5.41) is 3.91. The highest BCUT2D eigenvalue weighted by molar-refractivity contribution is 7.80. The molecule has 2 aromatic carbocycles. The number of nitrogens with one attached hydrogen (secondary N) is 1. The smallest absolute Gasteiger partial charge is 0.0485 e. The molecular formula is C32H46N2S. The van der Waals surface area contributed by atoms with E-state index in [-0.39, 0.29) is 0 Å². The third-order valence-electron chi connectivity index (χ3n) is 9.21. The Bertz CT molecular complexity index is 1090. The average molecular weight is 491 g/mol. The summed E-state index contributed by atoms with van der Waals surface area (Å²) in [6.07, 6.45) is 13.7. The van der Waals surface area contributed by atoms with Crippen molar-refractivity contribution in [2.24, 2.45) is 17.6 Å². The number of rotatable bonds is 10. The monoisotopic (exact) mass is 490 g/mol. The van der Waals surface area contributed by atoms with Crippen molar-refractivity contribution >= 4 is 12.6 Å². The van der Waals surface area contributed by atoms with E-state index in [1.165, 1.54) is 85.8 Å². The van der Waals surface area contributed by atoms with Gasteiger partial charge in [-0.15, -0.1) is 12.6 Å². The molecule has 0 bridgehead atoms. The van der Waals surface area contributed by atoms with Crippen LogP contribution in [0.15, 0.2) is 17.0 Å². The van der Waals surface area contributed by atoms with Crippen molar-refractivity contribution in [3.63, 3.8) is 0 Å². The van der Waals surface area contributed by atoms with Crippen LogP contribution in [0.25, 0.3) is 0 Å². The van der Waals surface area contributed by atoms with E-state index in [2.05, 4.69) is 45.1 Å². The fourth-order valence-corrected chi connectivity index (χ4v) is 7.55. The van der Waals surface area contributed by atoms with Gasteiger partial charge >= 0.3 is 0 Å². The maximum Gasteiger partial charge on any atom is 0.0485 e. The van der Waals surface area contributed by atoms with Crippen LogP contribution in [0.2, 0.25) is 0 Å². The lowest BCUT2D eigenvalue weighted by atomic mass is 9.87. The number of unbranched alkanes of at least 4 members (excludes halogenated alkanes) is 4. The van der Waals surface area contributed by atoms with Gasteiger partial charge < -0.3 is 11.1 Å². The normalized spacial score (nSPS) is 24.6. The van der Waals surface area contributed by atoms with E-state index in [0.717, 1.165) is 24.8 Å². The molecule has 3 heteroatoms. The van der Waals surface area contributed by atoms with Crippen LogP contribution in [0.5, 0.6) is 0 Å². The van der Waals surface area contributed by atoms with Gasteiger partial charge in [0.25, 0.3) is 0 Å². The Balaban J connectivity index is 1.34. The number of nitrogens with two attached hydrogens (primary N) is 1. The molecule has 3 aliphatic rings. The molecule has 3 N–H and O–H groups in total. The second kappa shape index (κ2) is 10.6. The van der Waals surface area contributed by atoms with Gasteiger partial charge in [0.2, 0.25) is 0 Å². The van der Waals surface area contributed by atoms with Crippen LogP contribution in [-0.2, 0) is 38.5 Å². The molecule has 2 aromatic rings. The predicted octanol–water partition coefficient (Wildman–Crippen LogP) is 6.77. The van der Waals surface area contributed by atoms with E-state index in [1.54, 1.807) is 33.4 Å². The molecule has 35 heavy (non-hydrogen) atoms. The zero-order chi connectivity index (χ0) is 24.7. The quantitative estimate of drug-likeness (QED) is 0.195. The molecular weight excluding hydrogens is 444 g/mol. The summed E-state index contributed by atoms with van der Waals surface area (Å²) in [4.78, 5) is 1.22. The number of hydrogen-bond acceptors (Lipinski definition) is 3. The fourth-order valence-electron chi connectivity index (χ4n) is 7.17. The van der Waals surface area contributed by atoms with Gasteiger partial charge in [-0.1, -0.05) is 39.2 Å². The lowest BCUT2D eigenvalue weighted by Crippen LogP contribution is -2.06. The second-order valence-corrected chi connectivity index (χ2v) is 12.6. The van der Waals surface area contributed by atoms with Gasteiger partial charge in [-0.3, -0.25) is 0 Å². The summed E-state index contributed by atoms with van der Waals surface area (Å²) >= 11 is 4.90. The highest BCUT2D eigenvalue weighted by atomic mass is 32.1. The Labute approximate surface area is 219 Å². The van der Waals surface area contributed by atoms with E-state index in [0.29, 0.717) is 12.1 Å². The number of benzene rings is 2. The van der Waals surface area contributed by atoms with Gasteiger partial charge in [0.1, 0.15) is 0 Å². The molecule has 5 rings (SSSR count). The van der Waals surface area contributed by atoms with Crippen molar-refractivity contribution in [1.29, 1.82) is 0 Å². The molecule has 1 heterocycles. The maximum absolute atomic E-state index is 5.68. The number of hydrogen-bond donors (Lipinski definition) is 3. The Morgan fingerprint density at radius 2 is 1.54 bits per heavy atom. The van der Waals surface area contributed by atoms with Crippen molar-refractivity contribution in [1.82, 2.24) is 5.32 Å². The summed E-state index contributed by atoms with van der Waals surface area (Å²) in [5.41, 5.74) is 20.0. The summed E-state index contributed by atoms with van der Waals surface area (Å²) in [6, 6.07) is 6.05. The Kier molecular flexibility index (Phi) is 7.68. The van der Waals surface area contributed by atoms with Crippen LogP contribution >= 0.6 is 12.6 Å². The zero-order valence-electron chi connectivity index (χ0n) is 22.5. The van der Waals surface area contributed by atoms with Gasteiger partial charge in [-0.05, 0) is 140 Å². The zero-order valence-corrected chi connectivity index (χ0v) is 23.4. The molecule has 2 nitrogen and oxygen atoms in total. The van der Waals surface area contributed by atoms with Crippen LogP contribution in [0.4, 0.5) is 0 Å². The largest absolute Gasteiger partial charge is 0.330 e. The molecule has 4 atom stereocenters. The van der Waals surface area contributed by atoms with Crippen LogP contribution in [-0.4, -0.2) is 12.6 Å². The molecule has 1 fully saturated rings. The van der Waals surface area contributed by atoms with Crippen LogP contribution in [0.3, 0.4) is 0 Å². The van der Waals surface area contributed by atoms with Gasteiger partial charge in [-0.25, -0.2) is 0 Å². The highest BCUT2D eigenvalue weighted by Gasteiger charge is 2.40. The minimum Gasteiger partial charge on any atom is -0.330 e. The molecule has 0 amide bonds. The van der Waals surface area contributed by atoms with Gasteiger partial charge in [-0.2, -0.15) is 0 Å². The Morgan fingerprint density at radius 1 is 0.857 bits per heavy atom. The third-order valence-corrected chi connectivity index (χ3v) is 9.61. The van der Waals surface area contributed by atoms with E-state index in [1.807, 2.05) is 0 Å². The van der Waals surface area contributed by atoms with E-state index < -0.39 is 0 Å². The summed E-state index contributed by atoms with van der Waals surface area (Å²) < 4.78 is 0. The Morgan fingerprint density at radius 3 is 2.34 bits per heavy atom. The second-order valence-electron chi connectivity index (χ2n) is 12.1. The summed E-state index contributed by atoms with van der Waals surface area (Å²) in [7, 11) is 0. The summed E-state index contributed by atoms with van der Waals surface area (Å²) in [6.45, 7) is 10.4. The Hall–Kier alpha value is -1.29. The minimum atomic E-state index is 0.511. The van der Waals surface area contributed by atoms with Gasteiger partial charge in [0.05, 0.1) is 0 Å². The molecule has 190 valence electrons. The van der Waals surface area contributed by atoms with Gasteiger partial charge in [0.15, 0.2) is 0 Å². The van der Waals surface area contributed by atoms with E-state index >= 15 is 0 Å². The SMILES string of the molecule is Cc1c2c(cc(C3NC3Cc3cc(S)c4c(c3C)CC(C)C4)c1CCCCCCCN)CC(C)C2. The molecule has 1 aliphatic heterocycles. The van der Waals surface area contributed by atoms with Crippen LogP contribution < -0.4 is 11.1 Å². The molecule has 0 saturated carbocycles. The molecule has 0 radical (unpaired) electrons.